The van der Waals surface area contributed by atoms with Gasteiger partial charge in [-0.1, -0.05) is 0 Å². The van der Waals surface area contributed by atoms with Gasteiger partial charge in [-0.25, -0.2) is 0 Å². The first-order chi connectivity index (χ1) is 10.5. The van der Waals surface area contributed by atoms with Gasteiger partial charge in [0.25, 0.3) is 5.91 Å². The van der Waals surface area contributed by atoms with Crippen molar-refractivity contribution in [3.05, 3.63) is 29.8 Å². The second kappa shape index (κ2) is 7.49. The van der Waals surface area contributed by atoms with Crippen LogP contribution in [-0.4, -0.2) is 55.8 Å². The Hall–Kier alpha value is -1.75. The number of rotatable bonds is 4. The Morgan fingerprint density at radius 2 is 1.82 bits per heavy atom. The molecule has 1 aromatic rings. The Balaban J connectivity index is 1.90. The minimum absolute atomic E-state index is 0.0165. The highest BCUT2D eigenvalue weighted by molar-refractivity contribution is 6.27. The number of carbonyl (C=O) groups is 2. The number of anilines is 1. The van der Waals surface area contributed by atoms with E-state index in [1.54, 1.807) is 0 Å². The van der Waals surface area contributed by atoms with Crippen molar-refractivity contribution in [3.63, 3.8) is 0 Å². The van der Waals surface area contributed by atoms with Crippen LogP contribution in [0.5, 0.6) is 0 Å². The molecule has 0 radical (unpaired) electrons. The highest BCUT2D eigenvalue weighted by Crippen LogP contribution is 2.17. The van der Waals surface area contributed by atoms with E-state index in [0.29, 0.717) is 18.7 Å². The van der Waals surface area contributed by atoms with Gasteiger partial charge < -0.3 is 15.1 Å². The fourth-order valence-corrected chi connectivity index (χ4v) is 2.66. The van der Waals surface area contributed by atoms with Gasteiger partial charge in [0.15, 0.2) is 0 Å². The third kappa shape index (κ3) is 4.13. The number of benzene rings is 1. The number of nitrogens with zero attached hydrogens (tertiary/aromatic N) is 2. The first-order valence-electron chi connectivity index (χ1n) is 7.43. The maximum absolute atomic E-state index is 12.5. The zero-order valence-electron chi connectivity index (χ0n) is 13.0. The van der Waals surface area contributed by atoms with Crippen LogP contribution < -0.4 is 10.2 Å². The van der Waals surface area contributed by atoms with Gasteiger partial charge in [-0.2, -0.15) is 0 Å². The third-order valence-electron chi connectivity index (χ3n) is 3.90. The molecule has 1 aliphatic rings. The molecular formula is C16H22ClN3O2. The van der Waals surface area contributed by atoms with Crippen LogP contribution in [0.3, 0.4) is 0 Å². The summed E-state index contributed by atoms with van der Waals surface area (Å²) in [6.45, 7) is 1.31. The van der Waals surface area contributed by atoms with Gasteiger partial charge in [0.2, 0.25) is 5.91 Å². The molecule has 0 unspecified atom stereocenters. The van der Waals surface area contributed by atoms with Gasteiger partial charge in [0.1, 0.15) is 5.88 Å². The molecule has 1 aromatic carbocycles. The van der Waals surface area contributed by atoms with Crippen LogP contribution in [0.15, 0.2) is 24.3 Å². The maximum Gasteiger partial charge on any atom is 0.253 e. The van der Waals surface area contributed by atoms with Crippen molar-refractivity contribution >= 4 is 29.1 Å². The lowest BCUT2D eigenvalue weighted by Crippen LogP contribution is -2.46. The lowest BCUT2D eigenvalue weighted by molar-refractivity contribution is -0.119. The number of halogens is 1. The van der Waals surface area contributed by atoms with Crippen LogP contribution in [0.4, 0.5) is 5.69 Å². The van der Waals surface area contributed by atoms with Gasteiger partial charge >= 0.3 is 0 Å². The predicted molar refractivity (Wildman–Crippen MR) is 88.6 cm³/mol. The first kappa shape index (κ1) is 16.6. The summed E-state index contributed by atoms with van der Waals surface area (Å²) in [6, 6.07) is 7.73. The molecule has 0 spiro atoms. The number of nitrogens with one attached hydrogen (secondary N) is 1. The van der Waals surface area contributed by atoms with E-state index >= 15 is 0 Å². The van der Waals surface area contributed by atoms with E-state index in [1.807, 2.05) is 48.2 Å². The number of alkyl halides is 1. The van der Waals surface area contributed by atoms with Crippen molar-refractivity contribution in [2.24, 2.45) is 0 Å². The average molecular weight is 324 g/mol. The largest absolute Gasteiger partial charge is 0.378 e. The number of piperidine rings is 1. The molecule has 1 aliphatic heterocycles. The number of hydrogen-bond donors (Lipinski definition) is 1. The van der Waals surface area contributed by atoms with Crippen LogP contribution in [-0.2, 0) is 4.79 Å². The molecule has 2 rings (SSSR count). The Morgan fingerprint density at radius 3 is 2.32 bits per heavy atom. The first-order valence-corrected chi connectivity index (χ1v) is 7.96. The Bertz CT molecular complexity index is 523. The van der Waals surface area contributed by atoms with E-state index in [0.717, 1.165) is 18.5 Å². The molecule has 5 nitrogen and oxygen atoms in total. The molecule has 1 fully saturated rings. The summed E-state index contributed by atoms with van der Waals surface area (Å²) >= 11 is 5.49. The Kier molecular flexibility index (Phi) is 5.66. The molecular weight excluding hydrogens is 302 g/mol. The lowest BCUT2D eigenvalue weighted by atomic mass is 10.0. The minimum atomic E-state index is -0.147. The van der Waals surface area contributed by atoms with Gasteiger partial charge in [0.05, 0.1) is 0 Å². The van der Waals surface area contributed by atoms with Crippen molar-refractivity contribution in [1.82, 2.24) is 10.2 Å². The standard InChI is InChI=1S/C16H22ClN3O2/c1-19(2)14-5-3-12(4-6-14)16(22)20-9-7-13(8-10-20)18-15(21)11-17/h3-6,13H,7-11H2,1-2H3,(H,18,21). The Morgan fingerprint density at radius 1 is 1.23 bits per heavy atom. The molecule has 1 N–H and O–H groups in total. The fraction of sp³-hybridized carbons (Fsp3) is 0.500. The second-order valence-electron chi connectivity index (χ2n) is 5.71. The van der Waals surface area contributed by atoms with E-state index in [4.69, 9.17) is 11.6 Å². The van der Waals surface area contributed by atoms with E-state index < -0.39 is 0 Å². The summed E-state index contributed by atoms with van der Waals surface area (Å²) in [5.74, 6) is -0.115. The molecule has 0 aliphatic carbocycles. The Labute approximate surface area is 136 Å². The van der Waals surface area contributed by atoms with Gasteiger partial charge in [-0.3, -0.25) is 9.59 Å². The molecule has 1 saturated heterocycles. The predicted octanol–water partition coefficient (Wildman–Crippen LogP) is 1.71. The van der Waals surface area contributed by atoms with Crippen LogP contribution in [0.2, 0.25) is 0 Å². The van der Waals surface area contributed by atoms with Gasteiger partial charge in [-0.05, 0) is 37.1 Å². The third-order valence-corrected chi connectivity index (χ3v) is 4.14. The van der Waals surface area contributed by atoms with Crippen molar-refractivity contribution in [1.29, 1.82) is 0 Å². The summed E-state index contributed by atoms with van der Waals surface area (Å²) in [6.07, 6.45) is 1.54. The molecule has 0 saturated carbocycles. The van der Waals surface area contributed by atoms with Gasteiger partial charge in [0, 0.05) is 44.5 Å². The van der Waals surface area contributed by atoms with Crippen molar-refractivity contribution in [3.8, 4) is 0 Å². The average Bonchev–Trinajstić information content (AvgIpc) is 2.55. The molecule has 6 heteroatoms. The van der Waals surface area contributed by atoms with Crippen molar-refractivity contribution in [2.45, 2.75) is 18.9 Å². The summed E-state index contributed by atoms with van der Waals surface area (Å²) in [4.78, 5) is 27.6. The number of hydrogen-bond acceptors (Lipinski definition) is 3. The van der Waals surface area contributed by atoms with E-state index in [-0.39, 0.29) is 23.7 Å². The highest BCUT2D eigenvalue weighted by atomic mass is 35.5. The molecule has 0 atom stereocenters. The summed E-state index contributed by atoms with van der Waals surface area (Å²) in [7, 11) is 3.94. The SMILES string of the molecule is CN(C)c1ccc(C(=O)N2CCC(NC(=O)CCl)CC2)cc1. The monoisotopic (exact) mass is 323 g/mol. The molecule has 22 heavy (non-hydrogen) atoms. The smallest absolute Gasteiger partial charge is 0.253 e. The van der Waals surface area contributed by atoms with E-state index in [1.165, 1.54) is 0 Å². The minimum Gasteiger partial charge on any atom is -0.378 e. The summed E-state index contributed by atoms with van der Waals surface area (Å²) < 4.78 is 0. The molecule has 120 valence electrons. The molecule has 0 aromatic heterocycles. The van der Waals surface area contributed by atoms with E-state index in [2.05, 4.69) is 5.32 Å². The molecule has 2 amide bonds. The number of carbonyl (C=O) groups excluding carboxylic acids is 2. The topological polar surface area (TPSA) is 52.7 Å². The zero-order valence-corrected chi connectivity index (χ0v) is 13.8. The molecule has 1 heterocycles. The highest BCUT2D eigenvalue weighted by Gasteiger charge is 2.24. The fourth-order valence-electron chi connectivity index (χ4n) is 2.58. The second-order valence-corrected chi connectivity index (χ2v) is 5.98. The van der Waals surface area contributed by atoms with Gasteiger partial charge in [-0.15, -0.1) is 11.6 Å². The quantitative estimate of drug-likeness (QED) is 0.858. The van der Waals surface area contributed by atoms with Crippen LogP contribution in [0, 0.1) is 0 Å². The maximum atomic E-state index is 12.5. The molecule has 0 bridgehead atoms. The van der Waals surface area contributed by atoms with Crippen LogP contribution in [0.1, 0.15) is 23.2 Å². The number of amides is 2. The van der Waals surface area contributed by atoms with Crippen molar-refractivity contribution in [2.75, 3.05) is 38.0 Å². The van der Waals surface area contributed by atoms with Crippen LogP contribution >= 0.6 is 11.6 Å². The van der Waals surface area contributed by atoms with Crippen LogP contribution in [0.25, 0.3) is 0 Å². The van der Waals surface area contributed by atoms with Crippen molar-refractivity contribution < 1.29 is 9.59 Å². The summed E-state index contributed by atoms with van der Waals surface area (Å²) in [5.41, 5.74) is 1.77. The lowest BCUT2D eigenvalue weighted by Gasteiger charge is -2.32. The van der Waals surface area contributed by atoms with E-state index in [9.17, 15) is 9.59 Å². The zero-order chi connectivity index (χ0) is 16.1. The summed E-state index contributed by atoms with van der Waals surface area (Å²) in [5, 5.41) is 2.87. The normalized spacial score (nSPS) is 15.5. The number of likely N-dealkylation sites (tertiary alicyclic amines) is 1.